The first-order valence-corrected chi connectivity index (χ1v) is 20.4. The van der Waals surface area contributed by atoms with Gasteiger partial charge < -0.3 is 15.5 Å². The summed E-state index contributed by atoms with van der Waals surface area (Å²) in [6.45, 7) is 4.45. The predicted octanol–water partition coefficient (Wildman–Crippen LogP) is 9.54. The van der Waals surface area contributed by atoms with Crippen LogP contribution in [0.3, 0.4) is 0 Å². The molecule has 4 N–H and O–H groups in total. The van der Waals surface area contributed by atoms with Crippen LogP contribution < -0.4 is 5.32 Å². The van der Waals surface area contributed by atoms with Gasteiger partial charge in [0, 0.05) is 0 Å². The van der Waals surface area contributed by atoms with E-state index in [0.29, 0.717) is 12.8 Å². The first-order valence-electron chi connectivity index (χ1n) is 18.8. The summed E-state index contributed by atoms with van der Waals surface area (Å²) >= 11 is 0. The van der Waals surface area contributed by atoms with Crippen LogP contribution >= 0.6 is 0 Å². The second-order valence-electron chi connectivity index (χ2n) is 13.0. The van der Waals surface area contributed by atoms with E-state index in [0.717, 1.165) is 38.5 Å². The van der Waals surface area contributed by atoms with Crippen LogP contribution in [0.5, 0.6) is 0 Å². The van der Waals surface area contributed by atoms with Crippen LogP contribution in [0.2, 0.25) is 0 Å². The van der Waals surface area contributed by atoms with Gasteiger partial charge in [-0.3, -0.25) is 9.35 Å². The molecule has 0 bridgehead atoms. The predicted molar refractivity (Wildman–Crippen MR) is 195 cm³/mol. The van der Waals surface area contributed by atoms with Crippen molar-refractivity contribution in [3.8, 4) is 0 Å². The summed E-state index contributed by atoms with van der Waals surface area (Å²) in [7, 11) is -4.44. The zero-order chi connectivity index (χ0) is 34.1. The molecule has 8 heteroatoms. The molecule has 0 spiro atoms. The van der Waals surface area contributed by atoms with E-state index in [2.05, 4.69) is 43.5 Å². The summed E-state index contributed by atoms with van der Waals surface area (Å²) in [6.07, 6.45) is 37.8. The normalized spacial score (nSPS) is 14.5. The molecule has 3 unspecified atom stereocenters. The zero-order valence-electron chi connectivity index (χ0n) is 29.6. The standard InChI is InChI=1S/C38H71NO6S/c1-3-5-7-9-11-13-15-16-17-18-19-20-21-22-23-25-27-29-31-33-37(41)38(42)39-35(34-46(43,44)45)36(40)32-30-28-26-24-14-12-10-8-6-4-2/h14,19-20,24,30,32,35-37,40-41H,3-13,15-18,21-23,25-29,31,33-34H2,1-2H3,(H,39,42)(H,43,44,45)/b20-19-,24-14+,32-30+. The van der Waals surface area contributed by atoms with E-state index in [-0.39, 0.29) is 6.42 Å². The topological polar surface area (TPSA) is 124 Å². The van der Waals surface area contributed by atoms with Crippen molar-refractivity contribution in [2.45, 2.75) is 193 Å². The average Bonchev–Trinajstić information content (AvgIpc) is 3.01. The third-order valence-electron chi connectivity index (χ3n) is 8.40. The van der Waals surface area contributed by atoms with Gasteiger partial charge in [-0.1, -0.05) is 153 Å². The summed E-state index contributed by atoms with van der Waals surface area (Å²) in [5.41, 5.74) is 0. The Morgan fingerprint density at radius 2 is 0.978 bits per heavy atom. The van der Waals surface area contributed by atoms with Crippen LogP contribution in [0.4, 0.5) is 0 Å². The molecular formula is C38H71NO6S. The van der Waals surface area contributed by atoms with Gasteiger partial charge in [0.1, 0.15) is 6.10 Å². The Hall–Kier alpha value is -1.48. The van der Waals surface area contributed by atoms with Crippen molar-refractivity contribution in [2.24, 2.45) is 0 Å². The highest BCUT2D eigenvalue weighted by Crippen LogP contribution is 2.13. The first-order chi connectivity index (χ1) is 22.2. The van der Waals surface area contributed by atoms with Crippen LogP contribution in [0, 0.1) is 0 Å². The SMILES string of the molecule is CCCCCC/C=C/CC/C=C/C(O)C(CS(=O)(=O)O)NC(=O)C(O)CCCCCCCC/C=C\CCCCCCCCCCC. The summed E-state index contributed by atoms with van der Waals surface area (Å²) < 4.78 is 32.3. The fourth-order valence-electron chi connectivity index (χ4n) is 5.46. The molecule has 0 rings (SSSR count). The van der Waals surface area contributed by atoms with Crippen molar-refractivity contribution in [3.63, 3.8) is 0 Å². The highest BCUT2D eigenvalue weighted by molar-refractivity contribution is 7.85. The molecule has 0 fully saturated rings. The Morgan fingerprint density at radius 1 is 0.587 bits per heavy atom. The summed E-state index contributed by atoms with van der Waals surface area (Å²) in [4.78, 5) is 12.5. The van der Waals surface area contributed by atoms with Gasteiger partial charge in [0.05, 0.1) is 17.9 Å². The highest BCUT2D eigenvalue weighted by Gasteiger charge is 2.27. The summed E-state index contributed by atoms with van der Waals surface area (Å²) in [6, 6.07) is -1.25. The molecule has 0 saturated heterocycles. The van der Waals surface area contributed by atoms with Crippen molar-refractivity contribution < 1.29 is 28.0 Å². The van der Waals surface area contributed by atoms with Crippen molar-refractivity contribution in [1.82, 2.24) is 5.32 Å². The van der Waals surface area contributed by atoms with E-state index in [1.807, 2.05) is 0 Å². The maximum atomic E-state index is 12.5. The molecule has 0 aliphatic heterocycles. The molecule has 0 aliphatic carbocycles. The van der Waals surface area contributed by atoms with Crippen LogP contribution in [-0.4, -0.2) is 53.1 Å². The number of rotatable bonds is 33. The maximum absolute atomic E-state index is 12.5. The van der Waals surface area contributed by atoms with E-state index in [1.54, 1.807) is 6.08 Å². The Balaban J connectivity index is 4.06. The first kappa shape index (κ1) is 44.5. The number of hydrogen-bond donors (Lipinski definition) is 4. The molecule has 0 aromatic heterocycles. The fourth-order valence-corrected chi connectivity index (χ4v) is 6.20. The quantitative estimate of drug-likeness (QED) is 0.0313. The van der Waals surface area contributed by atoms with Crippen molar-refractivity contribution >= 4 is 16.0 Å². The highest BCUT2D eigenvalue weighted by atomic mass is 32.2. The molecule has 7 nitrogen and oxygen atoms in total. The molecule has 0 radical (unpaired) electrons. The lowest BCUT2D eigenvalue weighted by Crippen LogP contribution is -2.50. The van der Waals surface area contributed by atoms with Gasteiger partial charge >= 0.3 is 0 Å². The fraction of sp³-hybridized carbons (Fsp3) is 0.816. The zero-order valence-corrected chi connectivity index (χ0v) is 30.4. The van der Waals surface area contributed by atoms with E-state index in [9.17, 15) is 28.0 Å². The lowest BCUT2D eigenvalue weighted by molar-refractivity contribution is -0.130. The monoisotopic (exact) mass is 670 g/mol. The Labute approximate surface area is 283 Å². The molecule has 0 aliphatic rings. The third-order valence-corrected chi connectivity index (χ3v) is 9.18. The van der Waals surface area contributed by atoms with Crippen molar-refractivity contribution in [3.05, 3.63) is 36.5 Å². The van der Waals surface area contributed by atoms with Gasteiger partial charge in [0.15, 0.2) is 0 Å². The molecule has 46 heavy (non-hydrogen) atoms. The van der Waals surface area contributed by atoms with Gasteiger partial charge in [-0.05, 0) is 57.8 Å². The molecular weight excluding hydrogens is 598 g/mol. The van der Waals surface area contributed by atoms with E-state index < -0.39 is 40.0 Å². The second kappa shape index (κ2) is 32.1. The molecule has 0 heterocycles. The summed E-state index contributed by atoms with van der Waals surface area (Å²) in [5, 5.41) is 23.2. The summed E-state index contributed by atoms with van der Waals surface area (Å²) in [5.74, 6) is -1.57. The van der Waals surface area contributed by atoms with Crippen LogP contribution in [0.15, 0.2) is 36.5 Å². The van der Waals surface area contributed by atoms with E-state index >= 15 is 0 Å². The number of nitrogens with one attached hydrogen (secondary N) is 1. The molecule has 270 valence electrons. The maximum Gasteiger partial charge on any atom is 0.267 e. The smallest absolute Gasteiger partial charge is 0.267 e. The van der Waals surface area contributed by atoms with Crippen molar-refractivity contribution in [1.29, 1.82) is 0 Å². The number of carbonyl (C=O) groups excluding carboxylic acids is 1. The van der Waals surface area contributed by atoms with Gasteiger partial charge in [0.2, 0.25) is 5.91 Å². The number of hydrogen-bond acceptors (Lipinski definition) is 5. The molecule has 0 aromatic carbocycles. The minimum Gasteiger partial charge on any atom is -0.387 e. The second-order valence-corrected chi connectivity index (χ2v) is 14.5. The average molecular weight is 670 g/mol. The van der Waals surface area contributed by atoms with Crippen LogP contribution in [0.25, 0.3) is 0 Å². The van der Waals surface area contributed by atoms with Crippen LogP contribution in [-0.2, 0) is 14.9 Å². The van der Waals surface area contributed by atoms with Crippen LogP contribution in [0.1, 0.15) is 174 Å². The third kappa shape index (κ3) is 31.1. The number of allylic oxidation sites excluding steroid dienone is 5. The van der Waals surface area contributed by atoms with Gasteiger partial charge in [-0.15, -0.1) is 0 Å². The number of unbranched alkanes of at least 4 members (excludes halogenated alkanes) is 20. The lowest BCUT2D eigenvalue weighted by atomic mass is 10.0. The molecule has 0 saturated carbocycles. The largest absolute Gasteiger partial charge is 0.387 e. The van der Waals surface area contributed by atoms with Crippen molar-refractivity contribution in [2.75, 3.05) is 5.75 Å². The molecule has 3 atom stereocenters. The number of carbonyl (C=O) groups is 1. The Kier molecular flexibility index (Phi) is 31.1. The van der Waals surface area contributed by atoms with Gasteiger partial charge in [-0.2, -0.15) is 8.42 Å². The van der Waals surface area contributed by atoms with E-state index in [4.69, 9.17) is 0 Å². The number of amides is 1. The number of aliphatic hydroxyl groups excluding tert-OH is 2. The van der Waals surface area contributed by atoms with Gasteiger partial charge in [0.25, 0.3) is 10.1 Å². The minimum atomic E-state index is -4.44. The minimum absolute atomic E-state index is 0.267. The number of aliphatic hydroxyl groups is 2. The molecule has 1 amide bonds. The lowest BCUT2D eigenvalue weighted by Gasteiger charge is -2.22. The van der Waals surface area contributed by atoms with Gasteiger partial charge in [-0.25, -0.2) is 0 Å². The van der Waals surface area contributed by atoms with E-state index in [1.165, 1.54) is 109 Å². The Morgan fingerprint density at radius 3 is 1.46 bits per heavy atom. The Bertz CT molecular complexity index is 886. The molecule has 0 aromatic rings.